The first kappa shape index (κ1) is 23.2. The maximum absolute atomic E-state index is 12.7. The average Bonchev–Trinajstić information content (AvgIpc) is 2.75. The van der Waals surface area contributed by atoms with Crippen LogP contribution in [0.3, 0.4) is 0 Å². The highest BCUT2D eigenvalue weighted by Crippen LogP contribution is 2.21. The van der Waals surface area contributed by atoms with Gasteiger partial charge in [-0.2, -0.15) is 0 Å². The fourth-order valence-corrected chi connectivity index (χ4v) is 4.35. The van der Waals surface area contributed by atoms with Gasteiger partial charge in [-0.15, -0.1) is 0 Å². The average molecular weight is 452 g/mol. The highest BCUT2D eigenvalue weighted by Gasteiger charge is 2.17. The Bertz CT molecular complexity index is 1220. The minimum Gasteiger partial charge on any atom is -0.322 e. The summed E-state index contributed by atoms with van der Waals surface area (Å²) < 4.78 is 27.0. The van der Waals surface area contributed by atoms with Crippen LogP contribution < -0.4 is 15.4 Å². The summed E-state index contributed by atoms with van der Waals surface area (Å²) in [6, 6.07) is 19.6. The first-order valence-electron chi connectivity index (χ1n) is 10.1. The van der Waals surface area contributed by atoms with Gasteiger partial charge in [-0.25, -0.2) is 13.1 Å². The predicted octanol–water partition coefficient (Wildman–Crippen LogP) is 4.19. The molecule has 0 spiro atoms. The van der Waals surface area contributed by atoms with Crippen molar-refractivity contribution in [2.45, 2.75) is 31.7 Å². The van der Waals surface area contributed by atoms with Crippen LogP contribution in [0.15, 0.2) is 77.7 Å². The summed E-state index contributed by atoms with van der Waals surface area (Å²) in [7, 11) is -3.63. The third-order valence-corrected chi connectivity index (χ3v) is 6.35. The van der Waals surface area contributed by atoms with Gasteiger partial charge in [-0.05, 0) is 74.9 Å². The first-order valence-corrected chi connectivity index (χ1v) is 11.6. The summed E-state index contributed by atoms with van der Waals surface area (Å²) in [6.07, 6.45) is 0. The zero-order chi connectivity index (χ0) is 23.3. The van der Waals surface area contributed by atoms with Crippen LogP contribution >= 0.6 is 0 Å². The van der Waals surface area contributed by atoms with Gasteiger partial charge in [0.2, 0.25) is 10.0 Å². The van der Waals surface area contributed by atoms with Crippen molar-refractivity contribution < 1.29 is 18.0 Å². The topological polar surface area (TPSA) is 104 Å². The molecule has 0 heterocycles. The molecule has 0 atom stereocenters. The van der Waals surface area contributed by atoms with Crippen LogP contribution in [0.4, 0.5) is 11.4 Å². The van der Waals surface area contributed by atoms with Crippen LogP contribution in [-0.2, 0) is 10.0 Å². The van der Waals surface area contributed by atoms with E-state index in [0.29, 0.717) is 28.1 Å². The fourth-order valence-electron chi connectivity index (χ4n) is 3.10. The van der Waals surface area contributed by atoms with Crippen molar-refractivity contribution >= 4 is 33.2 Å². The molecule has 2 amide bonds. The van der Waals surface area contributed by atoms with Crippen molar-refractivity contribution in [3.63, 3.8) is 0 Å². The van der Waals surface area contributed by atoms with Gasteiger partial charge < -0.3 is 10.6 Å². The number of hydrogen-bond donors (Lipinski definition) is 3. The van der Waals surface area contributed by atoms with E-state index in [4.69, 9.17) is 0 Å². The molecule has 8 heteroatoms. The van der Waals surface area contributed by atoms with Crippen molar-refractivity contribution in [3.8, 4) is 0 Å². The number of amides is 2. The molecule has 0 fully saturated rings. The summed E-state index contributed by atoms with van der Waals surface area (Å²) in [4.78, 5) is 25.4. The van der Waals surface area contributed by atoms with E-state index >= 15 is 0 Å². The maximum atomic E-state index is 12.7. The molecule has 0 aliphatic carbocycles. The molecule has 0 aromatic heterocycles. The first-order chi connectivity index (χ1) is 15.2. The molecule has 0 saturated carbocycles. The number of para-hydroxylation sites is 1. The summed E-state index contributed by atoms with van der Waals surface area (Å²) in [5, 5.41) is 5.62. The number of sulfonamides is 1. The van der Waals surface area contributed by atoms with Gasteiger partial charge in [-0.3, -0.25) is 9.59 Å². The Hall–Kier alpha value is -3.49. The second-order valence-corrected chi connectivity index (χ2v) is 9.27. The number of carbonyl (C=O) groups is 2. The molecule has 166 valence electrons. The number of carbonyl (C=O) groups excluding carboxylic acids is 2. The zero-order valence-electron chi connectivity index (χ0n) is 18.0. The van der Waals surface area contributed by atoms with Crippen molar-refractivity contribution in [1.29, 1.82) is 0 Å². The van der Waals surface area contributed by atoms with E-state index in [2.05, 4.69) is 15.4 Å². The van der Waals surface area contributed by atoms with Gasteiger partial charge >= 0.3 is 0 Å². The van der Waals surface area contributed by atoms with Crippen molar-refractivity contribution in [2.24, 2.45) is 0 Å². The Balaban J connectivity index is 1.75. The monoisotopic (exact) mass is 451 g/mol. The van der Waals surface area contributed by atoms with Crippen molar-refractivity contribution in [3.05, 3.63) is 89.5 Å². The number of rotatable bonds is 7. The van der Waals surface area contributed by atoms with Gasteiger partial charge in [0, 0.05) is 28.5 Å². The number of hydrogen-bond acceptors (Lipinski definition) is 4. The smallest absolute Gasteiger partial charge is 0.256 e. The van der Waals surface area contributed by atoms with E-state index in [1.807, 2.05) is 18.2 Å². The Morgan fingerprint density at radius 3 is 2.06 bits per heavy atom. The Kier molecular flexibility index (Phi) is 7.07. The fraction of sp³-hybridized carbons (Fsp3) is 0.167. The molecular weight excluding hydrogens is 426 g/mol. The normalized spacial score (nSPS) is 11.2. The predicted molar refractivity (Wildman–Crippen MR) is 125 cm³/mol. The summed E-state index contributed by atoms with van der Waals surface area (Å²) in [6.45, 7) is 5.22. The second kappa shape index (κ2) is 9.76. The Labute approximate surface area is 187 Å². The molecule has 0 radical (unpaired) electrons. The molecule has 0 aliphatic heterocycles. The minimum atomic E-state index is -3.63. The highest BCUT2D eigenvalue weighted by molar-refractivity contribution is 7.89. The lowest BCUT2D eigenvalue weighted by atomic mass is 10.1. The Morgan fingerprint density at radius 2 is 1.44 bits per heavy atom. The van der Waals surface area contributed by atoms with Crippen molar-refractivity contribution in [2.75, 3.05) is 10.6 Å². The molecule has 7 nitrogen and oxygen atoms in total. The molecule has 3 rings (SSSR count). The molecule has 0 saturated heterocycles. The van der Waals surface area contributed by atoms with E-state index in [9.17, 15) is 18.0 Å². The van der Waals surface area contributed by atoms with E-state index in [1.165, 1.54) is 24.3 Å². The summed E-state index contributed by atoms with van der Waals surface area (Å²) in [5.41, 5.74) is 2.52. The van der Waals surface area contributed by atoms with Gasteiger partial charge in [-0.1, -0.05) is 24.3 Å². The molecule has 0 bridgehead atoms. The standard InChI is InChI=1S/C24H25N3O4S/c1-16(2)27-32(30,31)20-14-12-18(13-15-20)23(28)26-22-11-7-10-21(17(22)3)24(29)25-19-8-5-4-6-9-19/h4-16,27H,1-3H3,(H,25,29)(H,26,28). The molecule has 3 aromatic rings. The van der Waals surface area contributed by atoms with E-state index in [-0.39, 0.29) is 16.8 Å². The highest BCUT2D eigenvalue weighted by atomic mass is 32.2. The summed E-state index contributed by atoms with van der Waals surface area (Å²) in [5.74, 6) is -0.688. The third-order valence-electron chi connectivity index (χ3n) is 4.68. The number of nitrogens with one attached hydrogen (secondary N) is 3. The summed E-state index contributed by atoms with van der Waals surface area (Å²) >= 11 is 0. The van der Waals surface area contributed by atoms with Crippen LogP contribution in [-0.4, -0.2) is 26.3 Å². The lowest BCUT2D eigenvalue weighted by Gasteiger charge is -2.13. The molecule has 3 N–H and O–H groups in total. The minimum absolute atomic E-state index is 0.0820. The molecule has 3 aromatic carbocycles. The van der Waals surface area contributed by atoms with Crippen LogP contribution in [0, 0.1) is 6.92 Å². The number of anilines is 2. The molecule has 32 heavy (non-hydrogen) atoms. The quantitative estimate of drug-likeness (QED) is 0.501. The lowest BCUT2D eigenvalue weighted by molar-refractivity contribution is 0.101. The van der Waals surface area contributed by atoms with Crippen molar-refractivity contribution in [1.82, 2.24) is 4.72 Å². The lowest BCUT2D eigenvalue weighted by Crippen LogP contribution is -2.30. The number of benzene rings is 3. The maximum Gasteiger partial charge on any atom is 0.256 e. The molecule has 0 aliphatic rings. The van der Waals surface area contributed by atoms with E-state index in [1.54, 1.807) is 51.1 Å². The van der Waals surface area contributed by atoms with Gasteiger partial charge in [0.15, 0.2) is 0 Å². The van der Waals surface area contributed by atoms with Crippen LogP contribution in [0.2, 0.25) is 0 Å². The SMILES string of the molecule is Cc1c(NC(=O)c2ccc(S(=O)(=O)NC(C)C)cc2)cccc1C(=O)Nc1ccccc1. The van der Waals surface area contributed by atoms with E-state index < -0.39 is 15.9 Å². The molecular formula is C24H25N3O4S. The van der Waals surface area contributed by atoms with Crippen LogP contribution in [0.1, 0.15) is 40.1 Å². The Morgan fingerprint density at radius 1 is 0.781 bits per heavy atom. The van der Waals surface area contributed by atoms with E-state index in [0.717, 1.165) is 0 Å². The zero-order valence-corrected chi connectivity index (χ0v) is 18.9. The molecule has 0 unspecified atom stereocenters. The van der Waals surface area contributed by atoms with Gasteiger partial charge in [0.05, 0.1) is 4.90 Å². The van der Waals surface area contributed by atoms with Gasteiger partial charge in [0.25, 0.3) is 11.8 Å². The van der Waals surface area contributed by atoms with Gasteiger partial charge in [0.1, 0.15) is 0 Å². The third kappa shape index (κ3) is 5.60. The van der Waals surface area contributed by atoms with Crippen LogP contribution in [0.5, 0.6) is 0 Å². The van der Waals surface area contributed by atoms with Crippen LogP contribution in [0.25, 0.3) is 0 Å². The second-order valence-electron chi connectivity index (χ2n) is 7.55. The largest absolute Gasteiger partial charge is 0.322 e.